The molecule has 0 fully saturated rings. The van der Waals surface area contributed by atoms with Gasteiger partial charge in [-0.05, 0) is 91.6 Å². The topological polar surface area (TPSA) is 4.93 Å². The monoisotopic (exact) mass is 549 g/mol. The van der Waals surface area contributed by atoms with Crippen LogP contribution in [0.25, 0.3) is 90.8 Å². The van der Waals surface area contributed by atoms with Crippen molar-refractivity contribution in [2.75, 3.05) is 0 Å². The van der Waals surface area contributed by atoms with E-state index >= 15 is 0 Å². The molecule has 0 aliphatic heterocycles. The fraction of sp³-hybridized carbons (Fsp3) is 0. The van der Waals surface area contributed by atoms with E-state index in [1.54, 1.807) is 0 Å². The predicted octanol–water partition coefficient (Wildman–Crippen LogP) is 11.8. The summed E-state index contributed by atoms with van der Waals surface area (Å²) in [7, 11) is 0. The number of thiophene rings is 1. The van der Waals surface area contributed by atoms with Crippen molar-refractivity contribution in [2.45, 2.75) is 0 Å². The van der Waals surface area contributed by atoms with Crippen LogP contribution in [0, 0.1) is 0 Å². The summed E-state index contributed by atoms with van der Waals surface area (Å²) in [4.78, 5) is 0. The average Bonchev–Trinajstić information content (AvgIpc) is 3.58. The summed E-state index contributed by atoms with van der Waals surface area (Å²) in [5.74, 6) is 0. The molecule has 0 bridgehead atoms. The lowest BCUT2D eigenvalue weighted by Gasteiger charge is -2.13. The van der Waals surface area contributed by atoms with Crippen LogP contribution in [-0.2, 0) is 0 Å². The van der Waals surface area contributed by atoms with Crippen LogP contribution >= 0.6 is 11.3 Å². The van der Waals surface area contributed by atoms with Crippen molar-refractivity contribution in [2.24, 2.45) is 0 Å². The molecule has 42 heavy (non-hydrogen) atoms. The fourth-order valence-electron chi connectivity index (χ4n) is 7.31. The Kier molecular flexibility index (Phi) is 4.39. The van der Waals surface area contributed by atoms with Crippen LogP contribution in [0.1, 0.15) is 0 Å². The molecule has 8 aromatic carbocycles. The molecule has 0 saturated heterocycles. The zero-order valence-electron chi connectivity index (χ0n) is 22.6. The van der Waals surface area contributed by atoms with Gasteiger partial charge in [0.25, 0.3) is 0 Å². The first-order valence-electron chi connectivity index (χ1n) is 14.4. The van der Waals surface area contributed by atoms with Gasteiger partial charge in [0.1, 0.15) is 0 Å². The largest absolute Gasteiger partial charge is 0.309 e. The number of benzene rings is 8. The van der Waals surface area contributed by atoms with Crippen LogP contribution in [0.15, 0.2) is 140 Å². The van der Waals surface area contributed by atoms with E-state index in [9.17, 15) is 0 Å². The highest BCUT2D eigenvalue weighted by Gasteiger charge is 2.19. The molecular weight excluding hydrogens is 527 g/mol. The molecule has 0 saturated carbocycles. The van der Waals surface area contributed by atoms with Crippen LogP contribution in [0.2, 0.25) is 0 Å². The maximum absolute atomic E-state index is 2.46. The second-order valence-electron chi connectivity index (χ2n) is 11.3. The molecule has 2 aromatic heterocycles. The minimum absolute atomic E-state index is 1.19. The summed E-state index contributed by atoms with van der Waals surface area (Å²) in [5, 5.41) is 15.9. The van der Waals surface area contributed by atoms with Gasteiger partial charge in [-0.15, -0.1) is 11.3 Å². The van der Waals surface area contributed by atoms with Gasteiger partial charge in [-0.1, -0.05) is 91.0 Å². The van der Waals surface area contributed by atoms with Crippen molar-refractivity contribution in [1.29, 1.82) is 0 Å². The van der Waals surface area contributed by atoms with Crippen molar-refractivity contribution < 1.29 is 0 Å². The predicted molar refractivity (Wildman–Crippen MR) is 184 cm³/mol. The van der Waals surface area contributed by atoms with Gasteiger partial charge in [-0.2, -0.15) is 0 Å². The SMILES string of the molecule is c1ccc(-n2c3ccccc3c3cc4c(cc32)sc2ccc3c5cc6ccccc6cc5c5ccccc5c3c24)cc1. The van der Waals surface area contributed by atoms with E-state index in [4.69, 9.17) is 0 Å². The summed E-state index contributed by atoms with van der Waals surface area (Å²) in [6.45, 7) is 0. The second kappa shape index (κ2) is 8.19. The van der Waals surface area contributed by atoms with E-state index in [1.165, 1.54) is 90.8 Å². The Balaban J connectivity index is 1.42. The van der Waals surface area contributed by atoms with Crippen molar-refractivity contribution in [1.82, 2.24) is 4.57 Å². The molecule has 0 aliphatic carbocycles. The second-order valence-corrected chi connectivity index (χ2v) is 12.4. The molecule has 0 N–H and O–H groups in total. The van der Waals surface area contributed by atoms with Gasteiger partial charge in [-0.25, -0.2) is 0 Å². The van der Waals surface area contributed by atoms with Gasteiger partial charge in [0.15, 0.2) is 0 Å². The van der Waals surface area contributed by atoms with Gasteiger partial charge in [0, 0.05) is 36.6 Å². The molecule has 10 aromatic rings. The number of fused-ring (bicyclic) bond motifs is 14. The Labute approximate surface area is 245 Å². The third-order valence-corrected chi connectivity index (χ3v) is 10.2. The molecule has 0 amide bonds. The van der Waals surface area contributed by atoms with E-state index < -0.39 is 0 Å². The number of hydrogen-bond donors (Lipinski definition) is 0. The molecule has 0 aliphatic rings. The van der Waals surface area contributed by atoms with Crippen molar-refractivity contribution in [3.8, 4) is 5.69 Å². The first-order chi connectivity index (χ1) is 20.8. The lowest BCUT2D eigenvalue weighted by atomic mass is 9.90. The molecule has 2 heteroatoms. The van der Waals surface area contributed by atoms with Gasteiger partial charge in [-0.3, -0.25) is 0 Å². The normalized spacial score (nSPS) is 12.3. The highest BCUT2D eigenvalue weighted by atomic mass is 32.1. The van der Waals surface area contributed by atoms with E-state index in [0.29, 0.717) is 0 Å². The summed E-state index contributed by atoms with van der Waals surface area (Å²) in [6, 6.07) is 51.6. The Morgan fingerprint density at radius 2 is 1.00 bits per heavy atom. The summed E-state index contributed by atoms with van der Waals surface area (Å²) in [5.41, 5.74) is 3.70. The number of hydrogen-bond acceptors (Lipinski definition) is 1. The summed E-state index contributed by atoms with van der Waals surface area (Å²) in [6.07, 6.45) is 0. The smallest absolute Gasteiger partial charge is 0.0555 e. The van der Waals surface area contributed by atoms with Crippen LogP contribution in [0.5, 0.6) is 0 Å². The molecule has 194 valence electrons. The molecule has 0 atom stereocenters. The van der Waals surface area contributed by atoms with Crippen molar-refractivity contribution in [3.63, 3.8) is 0 Å². The van der Waals surface area contributed by atoms with Gasteiger partial charge < -0.3 is 4.57 Å². The number of rotatable bonds is 1. The van der Waals surface area contributed by atoms with Crippen molar-refractivity contribution >= 4 is 96.4 Å². The number of aromatic nitrogens is 1. The molecule has 0 unspecified atom stereocenters. The molecule has 1 nitrogen and oxygen atoms in total. The van der Waals surface area contributed by atoms with E-state index in [0.717, 1.165) is 0 Å². The molecule has 10 rings (SSSR count). The zero-order valence-corrected chi connectivity index (χ0v) is 23.5. The van der Waals surface area contributed by atoms with E-state index in [1.807, 2.05) is 11.3 Å². The van der Waals surface area contributed by atoms with Gasteiger partial charge in [0.05, 0.1) is 11.0 Å². The molecule has 0 radical (unpaired) electrons. The summed E-state index contributed by atoms with van der Waals surface area (Å²) < 4.78 is 5.08. The summed E-state index contributed by atoms with van der Waals surface area (Å²) >= 11 is 1.91. The third kappa shape index (κ3) is 2.92. The zero-order chi connectivity index (χ0) is 27.4. The van der Waals surface area contributed by atoms with Crippen molar-refractivity contribution in [3.05, 3.63) is 140 Å². The first kappa shape index (κ1) is 22.5. The fourth-order valence-corrected chi connectivity index (χ4v) is 8.44. The molecule has 2 heterocycles. The van der Waals surface area contributed by atoms with E-state index in [-0.39, 0.29) is 0 Å². The Hall–Kier alpha value is -5.18. The van der Waals surface area contributed by atoms with Crippen LogP contribution < -0.4 is 0 Å². The average molecular weight is 550 g/mol. The Bertz CT molecular complexity index is 2730. The van der Waals surface area contributed by atoms with Gasteiger partial charge >= 0.3 is 0 Å². The number of para-hydroxylation sites is 2. The Morgan fingerprint density at radius 3 is 1.81 bits per heavy atom. The lowest BCUT2D eigenvalue weighted by Crippen LogP contribution is -1.92. The Morgan fingerprint density at radius 1 is 0.357 bits per heavy atom. The van der Waals surface area contributed by atoms with Crippen LogP contribution in [0.3, 0.4) is 0 Å². The molecular formula is C40H23NS. The quantitative estimate of drug-likeness (QED) is 0.142. The standard InChI is InChI=1S/C40H23NS/c1-2-12-26(13-3-1)41-35-17-9-8-15-28(35)33-22-34-38(23-36(33)41)42-37-19-18-30-32-21-25-11-5-4-10-24(25)20-31(32)27-14-6-7-16-29(27)39(30)40(34)37/h1-23H. The third-order valence-electron chi connectivity index (χ3n) is 9.11. The maximum Gasteiger partial charge on any atom is 0.0555 e. The minimum Gasteiger partial charge on any atom is -0.309 e. The molecule has 0 spiro atoms. The highest BCUT2D eigenvalue weighted by molar-refractivity contribution is 7.26. The lowest BCUT2D eigenvalue weighted by molar-refractivity contribution is 1.18. The van der Waals surface area contributed by atoms with Gasteiger partial charge in [0.2, 0.25) is 0 Å². The minimum atomic E-state index is 1.19. The first-order valence-corrected chi connectivity index (χ1v) is 15.3. The highest BCUT2D eigenvalue weighted by Crippen LogP contribution is 2.47. The maximum atomic E-state index is 2.46. The van der Waals surface area contributed by atoms with Crippen LogP contribution in [-0.4, -0.2) is 4.57 Å². The number of nitrogens with zero attached hydrogens (tertiary/aromatic N) is 1. The van der Waals surface area contributed by atoms with Crippen LogP contribution in [0.4, 0.5) is 0 Å². The van der Waals surface area contributed by atoms with E-state index in [2.05, 4.69) is 144 Å².